The Morgan fingerprint density at radius 1 is 0.286 bits per heavy atom. The molecule has 0 spiro atoms. The van der Waals surface area contributed by atoms with E-state index in [1.165, 1.54) is 70.6 Å². The second-order valence-corrected chi connectivity index (χ2v) is 28.8. The second-order valence-electron chi connectivity index (χ2n) is 25.9. The van der Waals surface area contributed by atoms with Gasteiger partial charge in [0.2, 0.25) is 0 Å². The van der Waals surface area contributed by atoms with Gasteiger partial charge >= 0.3 is 39.5 Å². The molecular formula is C79H140O17P2. The largest absolute Gasteiger partial charge is 0.472 e. The number of hydrogen-bond acceptors (Lipinski definition) is 15. The minimum atomic E-state index is -4.98. The normalized spacial score (nSPS) is 14.4. The van der Waals surface area contributed by atoms with Crippen LogP contribution in [0.2, 0.25) is 0 Å². The van der Waals surface area contributed by atoms with Gasteiger partial charge in [0.1, 0.15) is 19.3 Å². The summed E-state index contributed by atoms with van der Waals surface area (Å²) >= 11 is 0. The van der Waals surface area contributed by atoms with E-state index in [4.69, 9.17) is 37.0 Å². The Hall–Kier alpha value is -3.76. The van der Waals surface area contributed by atoms with E-state index in [-0.39, 0.29) is 25.7 Å². The van der Waals surface area contributed by atoms with Crippen molar-refractivity contribution in [2.75, 3.05) is 39.6 Å². The van der Waals surface area contributed by atoms with Crippen molar-refractivity contribution in [3.05, 3.63) is 85.1 Å². The zero-order chi connectivity index (χ0) is 71.8. The molecule has 0 aliphatic carbocycles. The van der Waals surface area contributed by atoms with E-state index in [0.29, 0.717) is 25.7 Å². The van der Waals surface area contributed by atoms with Crippen LogP contribution in [0.15, 0.2) is 85.1 Å². The smallest absolute Gasteiger partial charge is 0.462 e. The van der Waals surface area contributed by atoms with E-state index < -0.39 is 97.5 Å². The fourth-order valence-electron chi connectivity index (χ4n) is 10.3. The molecular weight excluding hydrogens is 1280 g/mol. The molecule has 3 N–H and O–H groups in total. The summed E-state index contributed by atoms with van der Waals surface area (Å²) in [5.74, 6) is -2.21. The standard InChI is InChI=1S/C79H140O17P2/c1-5-9-13-17-21-25-29-33-34-35-36-37-38-42-44-48-52-56-60-64-77(82)90-70-75(96-79(84)66-62-58-54-50-46-41-32-28-24-20-16-12-8-4)72-94-98(87,88)92-68-73(80)67-91-97(85,86)93-71-74(95-78(83)65-61-57-53-49-45-40-31-27-23-19-15-11-7-3)69-89-76(81)63-59-55-51-47-43-39-30-26-22-18-14-10-6-2/h16,20-21,25-28,30-34,36-37,73-75,80H,5-15,17-19,22-24,29,35,38-72H2,1-4H3,(H,85,86)(H,87,88)/b20-16-,25-21-,30-26-,31-27-,32-28-,34-33-,37-36-. The van der Waals surface area contributed by atoms with Gasteiger partial charge in [-0.1, -0.05) is 254 Å². The number of aliphatic hydroxyl groups excluding tert-OH is 1. The molecule has 0 saturated carbocycles. The fraction of sp³-hybridized carbons (Fsp3) is 0.772. The van der Waals surface area contributed by atoms with Gasteiger partial charge in [0, 0.05) is 25.7 Å². The molecule has 19 heteroatoms. The quantitative estimate of drug-likeness (QED) is 0.0169. The molecule has 0 radical (unpaired) electrons. The van der Waals surface area contributed by atoms with Crippen LogP contribution in [0.1, 0.15) is 336 Å². The Morgan fingerprint density at radius 2 is 0.520 bits per heavy atom. The summed E-state index contributed by atoms with van der Waals surface area (Å²) in [5.41, 5.74) is 0. The first kappa shape index (κ1) is 94.2. The molecule has 0 aromatic carbocycles. The SMILES string of the molecule is CCC/C=C\C/C=C\CCCCCCCC(=O)OC(COC(=O)CCCCCCCC/C=C\C/C=C\C/C=C\CCCCC)COP(=O)(O)OCC(O)COP(=O)(O)OCC(COC(=O)CCCCCCC/C=C\CCCCCC)OC(=O)CCCCCCC/C=C\CCCCCC. The van der Waals surface area contributed by atoms with Crippen molar-refractivity contribution in [3.8, 4) is 0 Å². The van der Waals surface area contributed by atoms with E-state index in [0.717, 1.165) is 186 Å². The highest BCUT2D eigenvalue weighted by Crippen LogP contribution is 2.45. The molecule has 5 atom stereocenters. The molecule has 0 rings (SSSR count). The van der Waals surface area contributed by atoms with E-state index in [9.17, 15) is 43.2 Å². The first-order chi connectivity index (χ1) is 47.7. The third kappa shape index (κ3) is 70.7. The number of aliphatic hydroxyl groups is 1. The Bertz CT molecular complexity index is 2190. The van der Waals surface area contributed by atoms with Gasteiger partial charge < -0.3 is 33.8 Å². The number of allylic oxidation sites excluding steroid dienone is 14. The number of esters is 4. The molecule has 0 bridgehead atoms. The van der Waals surface area contributed by atoms with E-state index in [1.807, 2.05) is 0 Å². The Labute approximate surface area is 595 Å². The lowest BCUT2D eigenvalue weighted by Gasteiger charge is -2.21. The number of carbonyl (C=O) groups is 4. The highest BCUT2D eigenvalue weighted by atomic mass is 31.2. The van der Waals surface area contributed by atoms with Crippen LogP contribution in [0, 0.1) is 0 Å². The molecule has 0 aromatic heterocycles. The first-order valence-corrected chi connectivity index (χ1v) is 41.8. The van der Waals surface area contributed by atoms with Crippen LogP contribution in [-0.2, 0) is 65.4 Å². The van der Waals surface area contributed by atoms with Crippen LogP contribution in [0.5, 0.6) is 0 Å². The van der Waals surface area contributed by atoms with Crippen LogP contribution < -0.4 is 0 Å². The third-order valence-electron chi connectivity index (χ3n) is 16.3. The maximum Gasteiger partial charge on any atom is 0.472 e. The molecule has 17 nitrogen and oxygen atoms in total. The fourth-order valence-corrected chi connectivity index (χ4v) is 11.9. The average molecular weight is 1420 g/mol. The molecule has 0 aliphatic rings. The number of rotatable bonds is 73. The Balaban J connectivity index is 5.33. The summed E-state index contributed by atoms with van der Waals surface area (Å²) in [6.07, 6.45) is 72.8. The molecule has 0 aromatic rings. The summed E-state index contributed by atoms with van der Waals surface area (Å²) in [6, 6.07) is 0. The van der Waals surface area contributed by atoms with Crippen molar-refractivity contribution < 1.29 is 80.2 Å². The topological polar surface area (TPSA) is 237 Å². The summed E-state index contributed by atoms with van der Waals surface area (Å²) in [5, 5.41) is 10.6. The predicted octanol–water partition coefficient (Wildman–Crippen LogP) is 22.2. The molecule has 0 saturated heterocycles. The summed E-state index contributed by atoms with van der Waals surface area (Å²) in [4.78, 5) is 72.8. The summed E-state index contributed by atoms with van der Waals surface area (Å²) in [7, 11) is -9.95. The second kappa shape index (κ2) is 71.6. The van der Waals surface area contributed by atoms with Crippen LogP contribution in [-0.4, -0.2) is 96.7 Å². The number of carbonyl (C=O) groups excluding carboxylic acids is 4. The predicted molar refractivity (Wildman–Crippen MR) is 399 cm³/mol. The van der Waals surface area contributed by atoms with Gasteiger partial charge in [-0.15, -0.1) is 0 Å². The minimum Gasteiger partial charge on any atom is -0.462 e. The highest BCUT2D eigenvalue weighted by Gasteiger charge is 2.30. The molecule has 0 amide bonds. The Morgan fingerprint density at radius 3 is 0.837 bits per heavy atom. The molecule has 98 heavy (non-hydrogen) atoms. The molecule has 0 aliphatic heterocycles. The van der Waals surface area contributed by atoms with E-state index in [2.05, 4.69) is 113 Å². The van der Waals surface area contributed by atoms with Gasteiger partial charge in [0.25, 0.3) is 0 Å². The average Bonchev–Trinajstić information content (AvgIpc) is 0.968. The van der Waals surface area contributed by atoms with Gasteiger partial charge in [-0.25, -0.2) is 9.13 Å². The minimum absolute atomic E-state index is 0.0763. The van der Waals surface area contributed by atoms with E-state index >= 15 is 0 Å². The Kier molecular flexibility index (Phi) is 68.9. The number of hydrogen-bond donors (Lipinski definition) is 3. The zero-order valence-electron chi connectivity index (χ0n) is 62.0. The van der Waals surface area contributed by atoms with Crippen molar-refractivity contribution in [1.29, 1.82) is 0 Å². The monoisotopic (exact) mass is 1420 g/mol. The van der Waals surface area contributed by atoms with Crippen LogP contribution in [0.4, 0.5) is 0 Å². The molecule has 5 unspecified atom stereocenters. The van der Waals surface area contributed by atoms with Crippen molar-refractivity contribution in [2.24, 2.45) is 0 Å². The van der Waals surface area contributed by atoms with Gasteiger partial charge in [0.15, 0.2) is 12.2 Å². The van der Waals surface area contributed by atoms with Crippen LogP contribution in [0.3, 0.4) is 0 Å². The number of ether oxygens (including phenoxy) is 4. The van der Waals surface area contributed by atoms with Gasteiger partial charge in [-0.3, -0.25) is 37.3 Å². The molecule has 0 heterocycles. The molecule has 568 valence electrons. The number of phosphoric acid groups is 2. The number of phosphoric ester groups is 2. The van der Waals surface area contributed by atoms with Gasteiger partial charge in [-0.2, -0.15) is 0 Å². The van der Waals surface area contributed by atoms with Crippen molar-refractivity contribution in [1.82, 2.24) is 0 Å². The number of unbranched alkanes of at least 4 members (excludes halogenated alkanes) is 33. The van der Waals surface area contributed by atoms with Crippen molar-refractivity contribution in [2.45, 2.75) is 354 Å². The summed E-state index contributed by atoms with van der Waals surface area (Å²) < 4.78 is 68.4. The van der Waals surface area contributed by atoms with Crippen molar-refractivity contribution in [3.63, 3.8) is 0 Å². The summed E-state index contributed by atoms with van der Waals surface area (Å²) in [6.45, 7) is 4.73. The highest BCUT2D eigenvalue weighted by molar-refractivity contribution is 7.47. The maximum atomic E-state index is 13.1. The lowest BCUT2D eigenvalue weighted by molar-refractivity contribution is -0.161. The van der Waals surface area contributed by atoms with Crippen molar-refractivity contribution >= 4 is 39.5 Å². The third-order valence-corrected chi connectivity index (χ3v) is 18.2. The maximum absolute atomic E-state index is 13.1. The van der Waals surface area contributed by atoms with E-state index in [1.54, 1.807) is 0 Å². The lowest BCUT2D eigenvalue weighted by atomic mass is 10.1. The molecule has 0 fully saturated rings. The van der Waals surface area contributed by atoms with Crippen LogP contribution in [0.25, 0.3) is 0 Å². The zero-order valence-corrected chi connectivity index (χ0v) is 63.7. The van der Waals surface area contributed by atoms with Crippen LogP contribution >= 0.6 is 15.6 Å². The first-order valence-electron chi connectivity index (χ1n) is 38.8. The van der Waals surface area contributed by atoms with Gasteiger partial charge in [0.05, 0.1) is 26.4 Å². The lowest BCUT2D eigenvalue weighted by Crippen LogP contribution is -2.30. The van der Waals surface area contributed by atoms with Gasteiger partial charge in [-0.05, 0) is 141 Å².